The average Bonchev–Trinajstić information content (AvgIpc) is 2.79. The molecule has 0 fully saturated rings. The van der Waals surface area contributed by atoms with Crippen molar-refractivity contribution in [2.24, 2.45) is 0 Å². The fourth-order valence-electron chi connectivity index (χ4n) is 2.13. The SMILES string of the molecule is CCNc1nc(N)c(C(=O)N(CCO)C(CC)CC)s1. The quantitative estimate of drug-likeness (QED) is 0.680. The van der Waals surface area contributed by atoms with Crippen molar-refractivity contribution >= 4 is 28.2 Å². The number of hydrogen-bond acceptors (Lipinski definition) is 6. The lowest BCUT2D eigenvalue weighted by Gasteiger charge is -2.29. The van der Waals surface area contributed by atoms with Crippen LogP contribution < -0.4 is 11.1 Å². The van der Waals surface area contributed by atoms with Crippen LogP contribution >= 0.6 is 11.3 Å². The van der Waals surface area contributed by atoms with E-state index >= 15 is 0 Å². The van der Waals surface area contributed by atoms with Gasteiger partial charge in [0.05, 0.1) is 6.61 Å². The number of nitrogens with zero attached hydrogens (tertiary/aromatic N) is 2. The van der Waals surface area contributed by atoms with Crippen molar-refractivity contribution in [2.45, 2.75) is 39.7 Å². The molecule has 7 heteroatoms. The van der Waals surface area contributed by atoms with Gasteiger partial charge in [0.15, 0.2) is 5.13 Å². The number of nitrogens with two attached hydrogens (primary N) is 1. The standard InChI is InChI=1S/C13H24N4O2S/c1-4-9(5-2)17(7-8-18)12(19)10-11(14)16-13(20-10)15-6-3/h9,18H,4-8,14H2,1-3H3,(H,15,16). The second kappa shape index (κ2) is 8.06. The molecule has 1 rings (SSSR count). The van der Waals surface area contributed by atoms with E-state index in [1.165, 1.54) is 11.3 Å². The van der Waals surface area contributed by atoms with Gasteiger partial charge in [0.25, 0.3) is 5.91 Å². The average molecular weight is 300 g/mol. The van der Waals surface area contributed by atoms with E-state index in [9.17, 15) is 9.90 Å². The number of aromatic nitrogens is 1. The molecule has 0 bridgehead atoms. The number of thiazole rings is 1. The molecule has 0 spiro atoms. The molecule has 20 heavy (non-hydrogen) atoms. The number of nitrogens with one attached hydrogen (secondary N) is 1. The van der Waals surface area contributed by atoms with E-state index in [4.69, 9.17) is 5.73 Å². The fraction of sp³-hybridized carbons (Fsp3) is 0.692. The summed E-state index contributed by atoms with van der Waals surface area (Å²) < 4.78 is 0. The second-order valence-electron chi connectivity index (χ2n) is 4.46. The second-order valence-corrected chi connectivity index (χ2v) is 5.46. The van der Waals surface area contributed by atoms with Crippen molar-refractivity contribution in [1.29, 1.82) is 0 Å². The highest BCUT2D eigenvalue weighted by molar-refractivity contribution is 7.18. The Morgan fingerprint density at radius 1 is 1.45 bits per heavy atom. The van der Waals surface area contributed by atoms with Gasteiger partial charge in [0.1, 0.15) is 10.7 Å². The van der Waals surface area contributed by atoms with E-state index in [0.717, 1.165) is 19.4 Å². The lowest BCUT2D eigenvalue weighted by molar-refractivity contribution is 0.0628. The van der Waals surface area contributed by atoms with Crippen LogP contribution in [0, 0.1) is 0 Å². The van der Waals surface area contributed by atoms with Gasteiger partial charge in [-0.25, -0.2) is 4.98 Å². The first-order valence-corrected chi connectivity index (χ1v) is 7.82. The Labute approximate surface area is 124 Å². The number of carbonyl (C=O) groups excluding carboxylic acids is 1. The van der Waals surface area contributed by atoms with Crippen LogP contribution in [0.1, 0.15) is 43.3 Å². The van der Waals surface area contributed by atoms with Crippen molar-refractivity contribution < 1.29 is 9.90 Å². The van der Waals surface area contributed by atoms with Crippen molar-refractivity contribution in [2.75, 3.05) is 30.7 Å². The number of amides is 1. The van der Waals surface area contributed by atoms with Crippen molar-refractivity contribution in [1.82, 2.24) is 9.88 Å². The Hall–Kier alpha value is -1.34. The maximum atomic E-state index is 12.6. The molecule has 0 atom stereocenters. The van der Waals surface area contributed by atoms with Gasteiger partial charge in [0, 0.05) is 19.1 Å². The number of hydrogen-bond donors (Lipinski definition) is 3. The third-order valence-corrected chi connectivity index (χ3v) is 4.18. The highest BCUT2D eigenvalue weighted by atomic mass is 32.1. The maximum Gasteiger partial charge on any atom is 0.268 e. The monoisotopic (exact) mass is 300 g/mol. The first kappa shape index (κ1) is 16.7. The molecule has 0 aliphatic heterocycles. The predicted molar refractivity (Wildman–Crippen MR) is 83.2 cm³/mol. The van der Waals surface area contributed by atoms with Gasteiger partial charge in [0.2, 0.25) is 0 Å². The van der Waals surface area contributed by atoms with Crippen LogP contribution in [0.4, 0.5) is 10.9 Å². The minimum absolute atomic E-state index is 0.0545. The van der Waals surface area contributed by atoms with Crippen LogP contribution in [0.5, 0.6) is 0 Å². The van der Waals surface area contributed by atoms with E-state index < -0.39 is 0 Å². The number of nitrogen functional groups attached to an aromatic ring is 1. The Bertz CT molecular complexity index is 432. The molecule has 0 saturated heterocycles. The third kappa shape index (κ3) is 3.83. The third-order valence-electron chi connectivity index (χ3n) is 3.16. The molecule has 6 nitrogen and oxygen atoms in total. The largest absolute Gasteiger partial charge is 0.395 e. The van der Waals surface area contributed by atoms with Crippen LogP contribution in [-0.2, 0) is 0 Å². The van der Waals surface area contributed by atoms with Gasteiger partial charge in [-0.2, -0.15) is 0 Å². The molecular weight excluding hydrogens is 276 g/mol. The van der Waals surface area contributed by atoms with Crippen molar-refractivity contribution in [3.05, 3.63) is 4.88 Å². The summed E-state index contributed by atoms with van der Waals surface area (Å²) in [5, 5.41) is 12.9. The molecule has 1 heterocycles. The smallest absolute Gasteiger partial charge is 0.268 e. The Morgan fingerprint density at radius 2 is 2.10 bits per heavy atom. The highest BCUT2D eigenvalue weighted by Crippen LogP contribution is 2.27. The molecule has 1 aromatic heterocycles. The van der Waals surface area contributed by atoms with Gasteiger partial charge in [-0.3, -0.25) is 4.79 Å². The van der Waals surface area contributed by atoms with E-state index in [2.05, 4.69) is 10.3 Å². The van der Waals surface area contributed by atoms with Gasteiger partial charge in [-0.1, -0.05) is 25.2 Å². The van der Waals surface area contributed by atoms with E-state index in [1.54, 1.807) is 4.90 Å². The minimum Gasteiger partial charge on any atom is -0.395 e. The maximum absolute atomic E-state index is 12.6. The number of anilines is 2. The summed E-state index contributed by atoms with van der Waals surface area (Å²) in [4.78, 5) is 18.9. The lowest BCUT2D eigenvalue weighted by Crippen LogP contribution is -2.41. The predicted octanol–water partition coefficient (Wildman–Crippen LogP) is 1.78. The molecule has 0 unspecified atom stereocenters. The zero-order valence-corrected chi connectivity index (χ0v) is 13.2. The van der Waals surface area contributed by atoms with Gasteiger partial charge < -0.3 is 21.1 Å². The normalized spacial score (nSPS) is 10.8. The molecule has 4 N–H and O–H groups in total. The van der Waals surface area contributed by atoms with Gasteiger partial charge in [-0.05, 0) is 19.8 Å². The van der Waals surface area contributed by atoms with Crippen LogP contribution in [0.15, 0.2) is 0 Å². The van der Waals surface area contributed by atoms with E-state index in [-0.39, 0.29) is 24.4 Å². The summed E-state index contributed by atoms with van der Waals surface area (Å²) in [5.74, 6) is 0.108. The fourth-order valence-corrected chi connectivity index (χ4v) is 3.04. The molecule has 1 amide bonds. The zero-order chi connectivity index (χ0) is 15.1. The summed E-state index contributed by atoms with van der Waals surface area (Å²) in [6, 6.07) is 0.110. The topological polar surface area (TPSA) is 91.5 Å². The zero-order valence-electron chi connectivity index (χ0n) is 12.3. The molecule has 114 valence electrons. The summed E-state index contributed by atoms with van der Waals surface area (Å²) in [5.41, 5.74) is 5.84. The van der Waals surface area contributed by atoms with Crippen LogP contribution in [-0.4, -0.2) is 46.6 Å². The number of rotatable bonds is 8. The molecule has 1 aromatic rings. The molecule has 0 aliphatic carbocycles. The van der Waals surface area contributed by atoms with Gasteiger partial charge >= 0.3 is 0 Å². The van der Waals surface area contributed by atoms with E-state index in [0.29, 0.717) is 16.6 Å². The summed E-state index contributed by atoms with van der Waals surface area (Å²) in [6.45, 7) is 7.02. The highest BCUT2D eigenvalue weighted by Gasteiger charge is 2.26. The molecule has 0 radical (unpaired) electrons. The van der Waals surface area contributed by atoms with Crippen molar-refractivity contribution in [3.63, 3.8) is 0 Å². The molecule has 0 saturated carbocycles. The molecule has 0 aliphatic rings. The summed E-state index contributed by atoms with van der Waals surface area (Å²) in [6.07, 6.45) is 1.70. The Kier molecular flexibility index (Phi) is 6.74. The number of aliphatic hydroxyl groups excluding tert-OH is 1. The molecular formula is C13H24N4O2S. The molecule has 0 aromatic carbocycles. The number of aliphatic hydroxyl groups is 1. The van der Waals surface area contributed by atoms with E-state index in [1.807, 2.05) is 20.8 Å². The number of carbonyl (C=O) groups is 1. The van der Waals surface area contributed by atoms with Gasteiger partial charge in [-0.15, -0.1) is 0 Å². The first-order chi connectivity index (χ1) is 9.58. The lowest BCUT2D eigenvalue weighted by atomic mass is 10.1. The first-order valence-electron chi connectivity index (χ1n) is 7.00. The van der Waals surface area contributed by atoms with Crippen LogP contribution in [0.25, 0.3) is 0 Å². The van der Waals surface area contributed by atoms with Crippen LogP contribution in [0.2, 0.25) is 0 Å². The Balaban J connectivity index is 2.99. The summed E-state index contributed by atoms with van der Waals surface area (Å²) >= 11 is 1.26. The van der Waals surface area contributed by atoms with Crippen molar-refractivity contribution in [3.8, 4) is 0 Å². The summed E-state index contributed by atoms with van der Waals surface area (Å²) in [7, 11) is 0. The van der Waals surface area contributed by atoms with Crippen LogP contribution in [0.3, 0.4) is 0 Å². The minimum atomic E-state index is -0.146. The Morgan fingerprint density at radius 3 is 2.60 bits per heavy atom.